The van der Waals surface area contributed by atoms with Crippen LogP contribution >= 0.6 is 0 Å². The van der Waals surface area contributed by atoms with Gasteiger partial charge in [0.2, 0.25) is 0 Å². The standard InChI is InChI=1S/2C60H46F4N4Si2/c1-69(2,3)45-21-17-43(18-22-45)67(57-31-49(51(61)33-53(57)63)41-11-7-9-37(29-41)35-65)55-27-15-39-14-26-48-56(28-16-40-13-25-47(55)59(39)60(40)48)68(44-19-23-46(24-20-44)70(4,5)6)58-32-50(52(62)34-54(58)64)42-12-8-10-38(30-42)36-66;1-69(2,3)43-23-19-41(20-24-43)67(57-31-49(51(61)33-53(57)63)45-13-9-7-11-39(45)35-65)55-29-17-37-16-28-48-56(30-18-38-15-27-47(55)59(37)60(38)48)68(42-21-25-44(26-22-42)70(4,5)6)58-32-50(52(62)34-54(58)64)46-14-10-8-12-40(46)36-66/h2*7-34H,1-6H3. The SMILES string of the molecule is C[Si](C)(C)c1ccc(N(c2cc(-c3cccc(C#N)c3)c(F)cc2F)c2ccc3ccc4c(N(c5ccc([Si](C)(C)C)cc5)c5cc(-c6cccc(C#N)c6)c(F)cc5F)ccc5ccc2c3c54)cc1.C[Si](C)(C)c1ccc(N(c2cc(-c3ccccc3C#N)c(F)cc2F)c2ccc3ccc4c(N(c5ccc([Si](C)(C)C)cc5)c5cc(-c6ccccc6C#N)c(F)cc5F)ccc5ccc2c3c54)cc1. The summed E-state index contributed by atoms with van der Waals surface area (Å²) in [4.78, 5) is 7.29. The van der Waals surface area contributed by atoms with E-state index in [0.717, 1.165) is 88.9 Å². The lowest BCUT2D eigenvalue weighted by molar-refractivity contribution is 0.586. The van der Waals surface area contributed by atoms with Gasteiger partial charge < -0.3 is 19.6 Å². The van der Waals surface area contributed by atoms with Crippen LogP contribution in [0.3, 0.4) is 0 Å². The molecule has 20 aromatic carbocycles. The van der Waals surface area contributed by atoms with E-state index in [9.17, 15) is 21.0 Å². The highest BCUT2D eigenvalue weighted by atomic mass is 28.3. The van der Waals surface area contributed by atoms with Gasteiger partial charge in [-0.1, -0.05) is 281 Å². The second-order valence-corrected chi connectivity index (χ2v) is 59.9. The van der Waals surface area contributed by atoms with E-state index in [4.69, 9.17) is 0 Å². The van der Waals surface area contributed by atoms with Crippen molar-refractivity contribution in [2.75, 3.05) is 19.6 Å². The fourth-order valence-electron chi connectivity index (χ4n) is 19.2. The number of benzene rings is 20. The minimum Gasteiger partial charge on any atom is -0.307 e. The maximum Gasteiger partial charge on any atom is 0.150 e. The van der Waals surface area contributed by atoms with Crippen LogP contribution < -0.4 is 40.3 Å². The van der Waals surface area contributed by atoms with Crippen LogP contribution in [-0.2, 0) is 0 Å². The molecular formula is C120H92F8N8Si4. The van der Waals surface area contributed by atoms with Crippen molar-refractivity contribution in [3.8, 4) is 68.8 Å². The molecule has 140 heavy (non-hydrogen) atoms. The number of anilines is 12. The lowest BCUT2D eigenvalue weighted by Gasteiger charge is -2.30. The third-order valence-electron chi connectivity index (χ3n) is 26.6. The summed E-state index contributed by atoms with van der Waals surface area (Å²) in [7, 11) is -7.01. The van der Waals surface area contributed by atoms with Gasteiger partial charge in [0, 0.05) is 102 Å². The molecule has 0 aliphatic heterocycles. The van der Waals surface area contributed by atoms with Crippen LogP contribution in [0.5, 0.6) is 0 Å². The Hall–Kier alpha value is -16.1. The monoisotopic (exact) mass is 1910 g/mol. The molecule has 0 radical (unpaired) electrons. The number of hydrogen-bond donors (Lipinski definition) is 0. The van der Waals surface area contributed by atoms with Crippen LogP contribution in [-0.4, -0.2) is 32.3 Å². The Morgan fingerprint density at radius 2 is 0.436 bits per heavy atom. The Bertz CT molecular complexity index is 8040. The zero-order valence-corrected chi connectivity index (χ0v) is 82.9. The van der Waals surface area contributed by atoms with Gasteiger partial charge in [0.1, 0.15) is 46.5 Å². The minimum atomic E-state index is -1.76. The van der Waals surface area contributed by atoms with E-state index >= 15 is 35.1 Å². The quantitative estimate of drug-likeness (QED) is 0.0422. The van der Waals surface area contributed by atoms with Gasteiger partial charge in [-0.15, -0.1) is 0 Å². The second kappa shape index (κ2) is 36.5. The highest BCUT2D eigenvalue weighted by Crippen LogP contribution is 2.54. The summed E-state index contributed by atoms with van der Waals surface area (Å²) in [5, 5.41) is 54.6. The Kier molecular flexibility index (Phi) is 24.2. The molecule has 0 saturated heterocycles. The summed E-state index contributed by atoms with van der Waals surface area (Å²) in [6.45, 7) is 27.1. The molecule has 0 aromatic heterocycles. The predicted molar refractivity (Wildman–Crippen MR) is 571 cm³/mol. The molecule has 0 amide bonds. The number of hydrogen-bond acceptors (Lipinski definition) is 8. The average molecular weight is 1910 g/mol. The Morgan fingerprint density at radius 3 is 0.679 bits per heavy atom. The molecule has 20 aromatic rings. The van der Waals surface area contributed by atoms with Gasteiger partial charge in [-0.05, 0) is 188 Å². The van der Waals surface area contributed by atoms with E-state index in [0.29, 0.717) is 78.9 Å². The molecular weight excluding hydrogens is 1820 g/mol. The van der Waals surface area contributed by atoms with Gasteiger partial charge in [-0.2, -0.15) is 21.0 Å². The van der Waals surface area contributed by atoms with Crippen LogP contribution in [0.15, 0.2) is 340 Å². The van der Waals surface area contributed by atoms with Crippen LogP contribution in [0.2, 0.25) is 78.6 Å². The van der Waals surface area contributed by atoms with Crippen molar-refractivity contribution >= 4 is 186 Å². The van der Waals surface area contributed by atoms with Crippen LogP contribution in [0.4, 0.5) is 103 Å². The van der Waals surface area contributed by atoms with Gasteiger partial charge in [0.15, 0.2) is 0 Å². The van der Waals surface area contributed by atoms with E-state index in [-0.39, 0.29) is 56.1 Å². The van der Waals surface area contributed by atoms with Crippen LogP contribution in [0, 0.1) is 91.9 Å². The Labute approximate surface area is 812 Å². The Balaban J connectivity index is 0.000000178. The summed E-state index contributed by atoms with van der Waals surface area (Å²) in [5.74, 6) is -6.20. The highest BCUT2D eigenvalue weighted by Gasteiger charge is 2.33. The van der Waals surface area contributed by atoms with Crippen molar-refractivity contribution in [3.05, 3.63) is 409 Å². The maximum absolute atomic E-state index is 16.8. The maximum atomic E-state index is 16.8. The third-order valence-corrected chi connectivity index (χ3v) is 34.8. The lowest BCUT2D eigenvalue weighted by Crippen LogP contribution is -2.37. The minimum absolute atomic E-state index is 0.0879. The fourth-order valence-corrected chi connectivity index (χ4v) is 23.9. The molecule has 8 nitrogen and oxygen atoms in total. The first kappa shape index (κ1) is 93.0. The lowest BCUT2D eigenvalue weighted by atomic mass is 9.91. The molecule has 20 heteroatoms. The van der Waals surface area contributed by atoms with E-state index < -0.39 is 78.8 Å². The summed E-state index contributed by atoms with van der Waals surface area (Å²) in [6, 6.07) is 109. The van der Waals surface area contributed by atoms with E-state index in [2.05, 4.69) is 151 Å². The molecule has 0 heterocycles. The predicted octanol–water partition coefficient (Wildman–Crippen LogP) is 32.5. The molecule has 0 atom stereocenters. The van der Waals surface area contributed by atoms with Crippen molar-refractivity contribution in [1.82, 2.24) is 0 Å². The van der Waals surface area contributed by atoms with E-state index in [1.807, 2.05) is 165 Å². The molecule has 0 fully saturated rings. The van der Waals surface area contributed by atoms with Gasteiger partial charge in [0.25, 0.3) is 0 Å². The fraction of sp³-hybridized carbons (Fsp3) is 0.100. The third kappa shape index (κ3) is 17.2. The van der Waals surface area contributed by atoms with Crippen molar-refractivity contribution in [2.45, 2.75) is 78.6 Å². The second-order valence-electron chi connectivity index (χ2n) is 39.5. The van der Waals surface area contributed by atoms with Gasteiger partial charge >= 0.3 is 0 Å². The molecule has 0 spiro atoms. The first-order valence-corrected chi connectivity index (χ1v) is 60.1. The van der Waals surface area contributed by atoms with E-state index in [1.54, 1.807) is 97.1 Å². The molecule has 0 unspecified atom stereocenters. The number of rotatable bonds is 20. The van der Waals surface area contributed by atoms with Crippen molar-refractivity contribution in [3.63, 3.8) is 0 Å². The zero-order valence-electron chi connectivity index (χ0n) is 78.9. The molecule has 0 aliphatic carbocycles. The largest absolute Gasteiger partial charge is 0.307 e. The first-order chi connectivity index (χ1) is 67.1. The van der Waals surface area contributed by atoms with Crippen LogP contribution in [0.1, 0.15) is 22.3 Å². The van der Waals surface area contributed by atoms with Crippen LogP contribution in [0.25, 0.3) is 109 Å². The average Bonchev–Trinajstić information content (AvgIpc) is 0.718. The van der Waals surface area contributed by atoms with Crippen molar-refractivity contribution < 1.29 is 35.1 Å². The number of nitrogens with zero attached hydrogens (tertiary/aromatic N) is 8. The summed E-state index contributed by atoms with van der Waals surface area (Å²) in [5.41, 5.74) is 8.83. The Morgan fingerprint density at radius 1 is 0.200 bits per heavy atom. The van der Waals surface area contributed by atoms with Gasteiger partial charge in [-0.3, -0.25) is 0 Å². The summed E-state index contributed by atoms with van der Waals surface area (Å²) < 4.78 is 131. The molecule has 20 rings (SSSR count). The van der Waals surface area contributed by atoms with Gasteiger partial charge in [0.05, 0.1) is 124 Å². The number of halogens is 8. The first-order valence-electron chi connectivity index (χ1n) is 46.1. The number of nitriles is 4. The van der Waals surface area contributed by atoms with Crippen molar-refractivity contribution in [2.24, 2.45) is 0 Å². The van der Waals surface area contributed by atoms with E-state index in [1.165, 1.54) is 45.0 Å². The van der Waals surface area contributed by atoms with Crippen molar-refractivity contribution in [1.29, 1.82) is 21.0 Å². The normalized spacial score (nSPS) is 11.8. The molecule has 0 saturated carbocycles. The molecule has 0 aliphatic rings. The summed E-state index contributed by atoms with van der Waals surface area (Å²) in [6.07, 6.45) is 0. The molecule has 0 N–H and O–H groups in total. The smallest absolute Gasteiger partial charge is 0.150 e. The highest BCUT2D eigenvalue weighted by molar-refractivity contribution is 6.90. The van der Waals surface area contributed by atoms with Gasteiger partial charge in [-0.25, -0.2) is 35.1 Å². The summed E-state index contributed by atoms with van der Waals surface area (Å²) >= 11 is 0. The molecule has 0 bridgehead atoms. The topological polar surface area (TPSA) is 108 Å². The zero-order chi connectivity index (χ0) is 98.4. The molecule has 684 valence electrons.